The van der Waals surface area contributed by atoms with Crippen molar-refractivity contribution in [2.45, 2.75) is 43.6 Å². The number of carbonyl (C=O) groups is 2. The van der Waals surface area contributed by atoms with Crippen LogP contribution in [-0.4, -0.2) is 28.4 Å². The Morgan fingerprint density at radius 3 is 2.35 bits per heavy atom. The fourth-order valence-electron chi connectivity index (χ4n) is 2.71. The molecule has 0 aromatic heterocycles. The molecule has 1 aromatic rings. The van der Waals surface area contributed by atoms with Crippen molar-refractivity contribution in [3.05, 3.63) is 34.6 Å². The summed E-state index contributed by atoms with van der Waals surface area (Å²) in [5.41, 5.74) is -1.29. The van der Waals surface area contributed by atoms with Crippen molar-refractivity contribution in [3.8, 4) is 0 Å². The molecule has 0 radical (unpaired) electrons. The predicted molar refractivity (Wildman–Crippen MR) is 77.3 cm³/mol. The highest BCUT2D eigenvalue weighted by molar-refractivity contribution is 6.33. The van der Waals surface area contributed by atoms with E-state index in [2.05, 4.69) is 5.32 Å². The van der Waals surface area contributed by atoms with Crippen molar-refractivity contribution in [2.24, 2.45) is 0 Å². The van der Waals surface area contributed by atoms with Gasteiger partial charge in [0.05, 0.1) is 22.5 Å². The Bertz CT molecular complexity index is 626. The highest BCUT2D eigenvalue weighted by Gasteiger charge is 2.45. The lowest BCUT2D eigenvalue weighted by Gasteiger charge is -2.39. The van der Waals surface area contributed by atoms with E-state index in [1.54, 1.807) is 0 Å². The predicted octanol–water partition coefficient (Wildman–Crippen LogP) is 3.63. The number of carboxylic acid groups (broad SMARTS) is 1. The van der Waals surface area contributed by atoms with Crippen LogP contribution < -0.4 is 5.32 Å². The number of carboxylic acids is 1. The van der Waals surface area contributed by atoms with E-state index in [9.17, 15) is 22.8 Å². The van der Waals surface area contributed by atoms with E-state index in [1.165, 1.54) is 6.07 Å². The zero-order valence-corrected chi connectivity index (χ0v) is 12.8. The van der Waals surface area contributed by atoms with Crippen LogP contribution in [0.25, 0.3) is 0 Å². The Morgan fingerprint density at radius 1 is 1.22 bits per heavy atom. The third-order valence-electron chi connectivity index (χ3n) is 3.98. The van der Waals surface area contributed by atoms with Gasteiger partial charge in [-0.1, -0.05) is 11.6 Å². The standard InChI is InChI=1S/C15H15ClF3NO3/c16-11-7-9(17)1-2-10(11)13(23)20-14(8-12(21)22)3-5-15(18,19)6-4-14/h1-2,7H,3-6,8H2,(H,20,23)(H,21,22). The largest absolute Gasteiger partial charge is 0.481 e. The minimum atomic E-state index is -2.86. The molecule has 1 aliphatic rings. The fourth-order valence-corrected chi connectivity index (χ4v) is 2.96. The van der Waals surface area contributed by atoms with Gasteiger partial charge in [-0.05, 0) is 31.0 Å². The quantitative estimate of drug-likeness (QED) is 0.872. The molecule has 1 aromatic carbocycles. The maximum absolute atomic E-state index is 13.3. The number of hydrogen-bond donors (Lipinski definition) is 2. The molecule has 0 bridgehead atoms. The maximum Gasteiger partial charge on any atom is 0.305 e. The van der Waals surface area contributed by atoms with Crippen LogP contribution in [0.1, 0.15) is 42.5 Å². The number of hydrogen-bond acceptors (Lipinski definition) is 2. The molecule has 4 nitrogen and oxygen atoms in total. The van der Waals surface area contributed by atoms with E-state index in [4.69, 9.17) is 16.7 Å². The van der Waals surface area contributed by atoms with Gasteiger partial charge in [-0.25, -0.2) is 13.2 Å². The van der Waals surface area contributed by atoms with Crippen LogP contribution in [0.15, 0.2) is 18.2 Å². The van der Waals surface area contributed by atoms with Crippen molar-refractivity contribution >= 4 is 23.5 Å². The van der Waals surface area contributed by atoms with E-state index < -0.39 is 48.4 Å². The molecular formula is C15H15ClF3NO3. The Kier molecular flexibility index (Phi) is 4.89. The topological polar surface area (TPSA) is 66.4 Å². The molecule has 2 N–H and O–H groups in total. The van der Waals surface area contributed by atoms with Gasteiger partial charge in [0.2, 0.25) is 5.92 Å². The van der Waals surface area contributed by atoms with Gasteiger partial charge in [-0.3, -0.25) is 9.59 Å². The molecule has 8 heteroatoms. The highest BCUT2D eigenvalue weighted by Crippen LogP contribution is 2.40. The molecule has 126 valence electrons. The smallest absolute Gasteiger partial charge is 0.305 e. The van der Waals surface area contributed by atoms with Gasteiger partial charge in [0.25, 0.3) is 5.91 Å². The van der Waals surface area contributed by atoms with Crippen molar-refractivity contribution in [3.63, 3.8) is 0 Å². The molecular weight excluding hydrogens is 335 g/mol. The average Bonchev–Trinajstić information content (AvgIpc) is 2.41. The molecule has 1 amide bonds. The van der Waals surface area contributed by atoms with Gasteiger partial charge in [0, 0.05) is 12.8 Å². The molecule has 1 aliphatic carbocycles. The molecule has 0 spiro atoms. The van der Waals surface area contributed by atoms with Crippen LogP contribution in [0.2, 0.25) is 5.02 Å². The molecule has 1 fully saturated rings. The van der Waals surface area contributed by atoms with Crippen molar-refractivity contribution in [1.29, 1.82) is 0 Å². The molecule has 0 atom stereocenters. The lowest BCUT2D eigenvalue weighted by atomic mass is 9.77. The molecule has 0 heterocycles. The average molecular weight is 350 g/mol. The SMILES string of the molecule is O=C(O)CC1(NC(=O)c2ccc(F)cc2Cl)CCC(F)(F)CC1. The Labute approximate surface area is 135 Å². The minimum absolute atomic E-state index is 0.0323. The van der Waals surface area contributed by atoms with E-state index >= 15 is 0 Å². The molecule has 2 rings (SSSR count). The summed E-state index contributed by atoms with van der Waals surface area (Å²) in [6.45, 7) is 0. The Morgan fingerprint density at radius 2 is 1.83 bits per heavy atom. The van der Waals surface area contributed by atoms with Crippen LogP contribution in [0, 0.1) is 5.82 Å². The maximum atomic E-state index is 13.3. The van der Waals surface area contributed by atoms with Gasteiger partial charge in [-0.2, -0.15) is 0 Å². The van der Waals surface area contributed by atoms with Gasteiger partial charge in [0.1, 0.15) is 5.82 Å². The highest BCUT2D eigenvalue weighted by atomic mass is 35.5. The summed E-state index contributed by atoms with van der Waals surface area (Å²) in [5.74, 6) is -5.38. The lowest BCUT2D eigenvalue weighted by molar-refractivity contribution is -0.140. The third-order valence-corrected chi connectivity index (χ3v) is 4.30. The molecule has 1 saturated carbocycles. The van der Waals surface area contributed by atoms with E-state index in [1.807, 2.05) is 0 Å². The Hall–Kier alpha value is -1.76. The summed E-state index contributed by atoms with van der Waals surface area (Å²) in [5, 5.41) is 11.4. The molecule has 0 unspecified atom stereocenters. The second-order valence-electron chi connectivity index (χ2n) is 5.79. The van der Waals surface area contributed by atoms with Crippen LogP contribution in [-0.2, 0) is 4.79 Å². The molecule has 0 saturated heterocycles. The van der Waals surface area contributed by atoms with E-state index in [0.29, 0.717) is 0 Å². The summed E-state index contributed by atoms with van der Waals surface area (Å²) >= 11 is 5.80. The summed E-state index contributed by atoms with van der Waals surface area (Å²) in [6, 6.07) is 3.16. The second-order valence-corrected chi connectivity index (χ2v) is 6.19. The zero-order valence-electron chi connectivity index (χ0n) is 12.0. The van der Waals surface area contributed by atoms with Crippen LogP contribution in [0.4, 0.5) is 13.2 Å². The number of aliphatic carboxylic acids is 1. The molecule has 23 heavy (non-hydrogen) atoms. The fraction of sp³-hybridized carbons (Fsp3) is 0.467. The normalized spacial score (nSPS) is 19.1. The van der Waals surface area contributed by atoms with Crippen LogP contribution in [0.5, 0.6) is 0 Å². The Balaban J connectivity index is 2.21. The van der Waals surface area contributed by atoms with Crippen molar-refractivity contribution in [2.75, 3.05) is 0 Å². The minimum Gasteiger partial charge on any atom is -0.481 e. The van der Waals surface area contributed by atoms with Gasteiger partial charge in [-0.15, -0.1) is 0 Å². The van der Waals surface area contributed by atoms with Gasteiger partial charge >= 0.3 is 5.97 Å². The summed E-state index contributed by atoms with van der Waals surface area (Å²) in [4.78, 5) is 23.3. The van der Waals surface area contributed by atoms with Crippen molar-refractivity contribution < 1.29 is 27.9 Å². The first-order valence-electron chi connectivity index (χ1n) is 7.00. The van der Waals surface area contributed by atoms with Crippen LogP contribution >= 0.6 is 11.6 Å². The summed E-state index contributed by atoms with van der Waals surface area (Å²) < 4.78 is 39.7. The number of amides is 1. The monoisotopic (exact) mass is 349 g/mol. The van der Waals surface area contributed by atoms with Crippen molar-refractivity contribution in [1.82, 2.24) is 5.32 Å². The molecule has 0 aliphatic heterocycles. The zero-order chi connectivity index (χ0) is 17.3. The third kappa shape index (κ3) is 4.37. The number of halogens is 4. The van der Waals surface area contributed by atoms with Crippen LogP contribution in [0.3, 0.4) is 0 Å². The first-order valence-corrected chi connectivity index (χ1v) is 7.38. The first kappa shape index (κ1) is 17.6. The number of nitrogens with one attached hydrogen (secondary N) is 1. The van der Waals surface area contributed by atoms with E-state index in [0.717, 1.165) is 12.1 Å². The van der Waals surface area contributed by atoms with E-state index in [-0.39, 0.29) is 23.4 Å². The summed E-state index contributed by atoms with van der Waals surface area (Å²) in [7, 11) is 0. The number of alkyl halides is 2. The number of carbonyl (C=O) groups excluding carboxylic acids is 1. The number of rotatable bonds is 4. The van der Waals surface area contributed by atoms with Gasteiger partial charge in [0.15, 0.2) is 0 Å². The second kappa shape index (κ2) is 6.39. The first-order chi connectivity index (χ1) is 10.6. The van der Waals surface area contributed by atoms with Gasteiger partial charge < -0.3 is 10.4 Å². The number of benzene rings is 1. The summed E-state index contributed by atoms with van der Waals surface area (Å²) in [6.07, 6.45) is -1.78. The lowest BCUT2D eigenvalue weighted by Crippen LogP contribution is -2.53.